The van der Waals surface area contributed by atoms with Crippen molar-refractivity contribution in [2.24, 2.45) is 0 Å². The van der Waals surface area contributed by atoms with Crippen LogP contribution in [0.1, 0.15) is 12.0 Å². The lowest BCUT2D eigenvalue weighted by Gasteiger charge is -2.27. The van der Waals surface area contributed by atoms with Gasteiger partial charge in [-0.2, -0.15) is 0 Å². The van der Waals surface area contributed by atoms with Gasteiger partial charge in [-0.25, -0.2) is 17.5 Å². The van der Waals surface area contributed by atoms with Crippen molar-refractivity contribution in [2.45, 2.75) is 23.8 Å². The fraction of sp³-hybridized carbons (Fsp3) is 0.571. The standard InChI is InChI=1S/C14H20FNO5S/c1-11-8-12(15)2-3-13(11)22(18,19)16-9-14(21-7-5-17)4-6-20-10-14/h2-3,8,16-17H,4-7,9-10H2,1H3. The SMILES string of the molecule is Cc1cc(F)ccc1S(=O)(=O)NCC1(OCCO)CCOC1. The van der Waals surface area contributed by atoms with Crippen molar-refractivity contribution in [2.75, 3.05) is 33.0 Å². The molecule has 0 saturated carbocycles. The second-order valence-corrected chi connectivity index (χ2v) is 7.03. The van der Waals surface area contributed by atoms with E-state index in [4.69, 9.17) is 14.6 Å². The molecule has 1 unspecified atom stereocenters. The maximum Gasteiger partial charge on any atom is 0.240 e. The van der Waals surface area contributed by atoms with Crippen LogP contribution in [0.2, 0.25) is 0 Å². The summed E-state index contributed by atoms with van der Waals surface area (Å²) in [5, 5.41) is 8.87. The highest BCUT2D eigenvalue weighted by molar-refractivity contribution is 7.89. The highest BCUT2D eigenvalue weighted by atomic mass is 32.2. The van der Waals surface area contributed by atoms with Gasteiger partial charge >= 0.3 is 0 Å². The van der Waals surface area contributed by atoms with Gasteiger partial charge in [0.25, 0.3) is 0 Å². The van der Waals surface area contributed by atoms with Crippen LogP contribution >= 0.6 is 0 Å². The van der Waals surface area contributed by atoms with Crippen LogP contribution in [0, 0.1) is 12.7 Å². The number of halogens is 1. The predicted molar refractivity (Wildman–Crippen MR) is 77.5 cm³/mol. The lowest BCUT2D eigenvalue weighted by atomic mass is 10.0. The lowest BCUT2D eigenvalue weighted by Crippen LogP contribution is -2.46. The van der Waals surface area contributed by atoms with E-state index < -0.39 is 21.4 Å². The van der Waals surface area contributed by atoms with Crippen LogP contribution in [0.25, 0.3) is 0 Å². The van der Waals surface area contributed by atoms with Crippen molar-refractivity contribution < 1.29 is 27.4 Å². The first-order chi connectivity index (χ1) is 10.4. The topological polar surface area (TPSA) is 84.9 Å². The van der Waals surface area contributed by atoms with E-state index in [2.05, 4.69) is 4.72 Å². The maximum atomic E-state index is 13.1. The fourth-order valence-corrected chi connectivity index (χ4v) is 3.71. The van der Waals surface area contributed by atoms with Gasteiger partial charge in [-0.3, -0.25) is 0 Å². The number of nitrogens with one attached hydrogen (secondary N) is 1. The maximum absolute atomic E-state index is 13.1. The largest absolute Gasteiger partial charge is 0.394 e. The van der Waals surface area contributed by atoms with Crippen molar-refractivity contribution in [1.29, 1.82) is 0 Å². The normalized spacial score (nSPS) is 22.1. The molecule has 22 heavy (non-hydrogen) atoms. The number of sulfonamides is 1. The quantitative estimate of drug-likeness (QED) is 0.762. The first-order valence-corrected chi connectivity index (χ1v) is 8.45. The van der Waals surface area contributed by atoms with E-state index in [1.165, 1.54) is 19.1 Å². The molecule has 124 valence electrons. The molecule has 1 atom stereocenters. The van der Waals surface area contributed by atoms with E-state index in [1.54, 1.807) is 0 Å². The minimum Gasteiger partial charge on any atom is -0.394 e. The second kappa shape index (κ2) is 7.01. The molecule has 1 fully saturated rings. The van der Waals surface area contributed by atoms with Gasteiger partial charge in [-0.05, 0) is 30.7 Å². The zero-order valence-electron chi connectivity index (χ0n) is 12.3. The first kappa shape index (κ1) is 17.3. The number of ether oxygens (including phenoxy) is 2. The molecule has 2 N–H and O–H groups in total. The lowest BCUT2D eigenvalue weighted by molar-refractivity contribution is -0.0566. The molecule has 0 spiro atoms. The minimum absolute atomic E-state index is 0.0325. The molecule has 0 aliphatic carbocycles. The summed E-state index contributed by atoms with van der Waals surface area (Å²) in [4.78, 5) is 0.0325. The van der Waals surface area contributed by atoms with Crippen LogP contribution in [-0.2, 0) is 19.5 Å². The zero-order chi connectivity index (χ0) is 16.2. The molecular formula is C14H20FNO5S. The Hall–Kier alpha value is -1.06. The Labute approximate surface area is 129 Å². The van der Waals surface area contributed by atoms with E-state index in [0.717, 1.165) is 6.07 Å². The summed E-state index contributed by atoms with van der Waals surface area (Å²) in [5.41, 5.74) is -0.440. The molecule has 1 aromatic rings. The molecule has 1 aliphatic rings. The highest BCUT2D eigenvalue weighted by Gasteiger charge is 2.37. The number of rotatable bonds is 7. The summed E-state index contributed by atoms with van der Waals surface area (Å²) in [5.74, 6) is -0.483. The molecule has 1 heterocycles. The van der Waals surface area contributed by atoms with Gasteiger partial charge in [-0.1, -0.05) is 0 Å². The number of aryl methyl sites for hydroxylation is 1. The van der Waals surface area contributed by atoms with Gasteiger partial charge in [0.05, 0.1) is 24.7 Å². The summed E-state index contributed by atoms with van der Waals surface area (Å²) >= 11 is 0. The first-order valence-electron chi connectivity index (χ1n) is 6.97. The van der Waals surface area contributed by atoms with Gasteiger partial charge in [0.2, 0.25) is 10.0 Å². The van der Waals surface area contributed by atoms with Crippen LogP contribution in [0.15, 0.2) is 23.1 Å². The molecule has 0 radical (unpaired) electrons. The summed E-state index contributed by atoms with van der Waals surface area (Å²) in [6.45, 7) is 2.27. The Morgan fingerprint density at radius 3 is 2.86 bits per heavy atom. The number of hydrogen-bond acceptors (Lipinski definition) is 5. The molecule has 8 heteroatoms. The Balaban J connectivity index is 2.11. The van der Waals surface area contributed by atoms with E-state index in [-0.39, 0.29) is 31.3 Å². The number of aliphatic hydroxyl groups excluding tert-OH is 1. The Morgan fingerprint density at radius 1 is 1.50 bits per heavy atom. The van der Waals surface area contributed by atoms with Crippen LogP contribution in [0.4, 0.5) is 4.39 Å². The minimum atomic E-state index is -3.77. The van der Waals surface area contributed by atoms with E-state index in [0.29, 0.717) is 18.6 Å². The van der Waals surface area contributed by atoms with Crippen LogP contribution < -0.4 is 4.72 Å². The average molecular weight is 333 g/mol. The fourth-order valence-electron chi connectivity index (χ4n) is 2.37. The van der Waals surface area contributed by atoms with Gasteiger partial charge in [0.1, 0.15) is 11.4 Å². The van der Waals surface area contributed by atoms with E-state index >= 15 is 0 Å². The van der Waals surface area contributed by atoms with Gasteiger partial charge < -0.3 is 14.6 Å². The monoisotopic (exact) mass is 333 g/mol. The number of benzene rings is 1. The second-order valence-electron chi connectivity index (χ2n) is 5.29. The number of aliphatic hydroxyl groups is 1. The molecule has 6 nitrogen and oxygen atoms in total. The molecular weight excluding hydrogens is 313 g/mol. The van der Waals surface area contributed by atoms with Gasteiger partial charge in [0, 0.05) is 19.6 Å². The predicted octanol–water partition coefficient (Wildman–Crippen LogP) is 0.580. The van der Waals surface area contributed by atoms with Crippen molar-refractivity contribution >= 4 is 10.0 Å². The third-order valence-electron chi connectivity index (χ3n) is 3.58. The Kier molecular flexibility index (Phi) is 5.51. The van der Waals surface area contributed by atoms with Crippen molar-refractivity contribution in [3.05, 3.63) is 29.6 Å². The van der Waals surface area contributed by atoms with Crippen molar-refractivity contribution in [3.63, 3.8) is 0 Å². The van der Waals surface area contributed by atoms with Gasteiger partial charge in [-0.15, -0.1) is 0 Å². The Bertz CT molecular complexity index is 614. The van der Waals surface area contributed by atoms with E-state index in [9.17, 15) is 12.8 Å². The summed E-state index contributed by atoms with van der Waals surface area (Å²) < 4.78 is 51.1. The summed E-state index contributed by atoms with van der Waals surface area (Å²) in [6, 6.07) is 3.52. The molecule has 1 aromatic carbocycles. The van der Waals surface area contributed by atoms with Gasteiger partial charge in [0.15, 0.2) is 0 Å². The zero-order valence-corrected chi connectivity index (χ0v) is 13.2. The summed E-state index contributed by atoms with van der Waals surface area (Å²) in [6.07, 6.45) is 0.540. The van der Waals surface area contributed by atoms with Crippen LogP contribution in [0.5, 0.6) is 0 Å². The Morgan fingerprint density at radius 2 is 2.27 bits per heavy atom. The molecule has 1 saturated heterocycles. The average Bonchev–Trinajstić information content (AvgIpc) is 2.92. The van der Waals surface area contributed by atoms with Crippen LogP contribution in [0.3, 0.4) is 0 Å². The molecule has 0 aromatic heterocycles. The van der Waals surface area contributed by atoms with Crippen LogP contribution in [-0.4, -0.2) is 52.1 Å². The summed E-state index contributed by atoms with van der Waals surface area (Å²) in [7, 11) is -3.77. The third kappa shape index (κ3) is 4.02. The smallest absolute Gasteiger partial charge is 0.240 e. The molecule has 0 amide bonds. The molecule has 0 bridgehead atoms. The third-order valence-corrected chi connectivity index (χ3v) is 5.14. The molecule has 2 rings (SSSR count). The molecule has 1 aliphatic heterocycles. The number of hydrogen-bond donors (Lipinski definition) is 2. The highest BCUT2D eigenvalue weighted by Crippen LogP contribution is 2.24. The van der Waals surface area contributed by atoms with E-state index in [1.807, 2.05) is 0 Å². The van der Waals surface area contributed by atoms with Crippen molar-refractivity contribution in [3.8, 4) is 0 Å². The van der Waals surface area contributed by atoms with Crippen molar-refractivity contribution in [1.82, 2.24) is 4.72 Å².